The van der Waals surface area contributed by atoms with Crippen LogP contribution in [0, 0.1) is 13.8 Å². The molecule has 0 unspecified atom stereocenters. The maximum Gasteiger partial charge on any atom is 0.267 e. The molecule has 0 aliphatic carbocycles. The highest BCUT2D eigenvalue weighted by molar-refractivity contribution is 7.13. The molecule has 0 radical (unpaired) electrons. The van der Waals surface area contributed by atoms with Crippen molar-refractivity contribution >= 4 is 22.9 Å². The Balaban J connectivity index is 1.82. The Bertz CT molecular complexity index is 850. The van der Waals surface area contributed by atoms with Gasteiger partial charge in [0.2, 0.25) is 0 Å². The third kappa shape index (κ3) is 3.32. The summed E-state index contributed by atoms with van der Waals surface area (Å²) in [4.78, 5) is 17.1. The molecule has 0 saturated carbocycles. The summed E-state index contributed by atoms with van der Waals surface area (Å²) < 4.78 is 1.87. The Labute approximate surface area is 139 Å². The first kappa shape index (κ1) is 15.4. The molecule has 2 aromatic heterocycles. The average Bonchev–Trinajstić information content (AvgIpc) is 3.14. The van der Waals surface area contributed by atoms with Crippen molar-refractivity contribution in [1.82, 2.24) is 14.8 Å². The second-order valence-corrected chi connectivity index (χ2v) is 6.43. The topological polar surface area (TPSA) is 59.8 Å². The van der Waals surface area contributed by atoms with Crippen LogP contribution in [0.2, 0.25) is 0 Å². The molecule has 0 saturated heterocycles. The summed E-state index contributed by atoms with van der Waals surface area (Å²) in [5.74, 6) is -0.132. The van der Waals surface area contributed by atoms with Crippen molar-refractivity contribution in [2.75, 3.05) is 5.32 Å². The average molecular weight is 326 g/mol. The summed E-state index contributed by atoms with van der Waals surface area (Å²) in [6, 6.07) is 9.69. The van der Waals surface area contributed by atoms with Crippen LogP contribution in [0.5, 0.6) is 0 Å². The fourth-order valence-corrected chi connectivity index (χ4v) is 3.13. The van der Waals surface area contributed by atoms with Gasteiger partial charge in [0.15, 0.2) is 0 Å². The van der Waals surface area contributed by atoms with Crippen molar-refractivity contribution in [3.63, 3.8) is 0 Å². The van der Waals surface area contributed by atoms with E-state index < -0.39 is 0 Å². The van der Waals surface area contributed by atoms with Crippen LogP contribution in [-0.4, -0.2) is 20.7 Å². The lowest BCUT2D eigenvalue weighted by Crippen LogP contribution is -2.10. The molecule has 0 spiro atoms. The zero-order chi connectivity index (χ0) is 16.4. The molecule has 0 fully saturated rings. The van der Waals surface area contributed by atoms with Crippen molar-refractivity contribution in [3.8, 4) is 5.69 Å². The second kappa shape index (κ2) is 6.34. The number of rotatable bonds is 4. The van der Waals surface area contributed by atoms with Gasteiger partial charge in [0.1, 0.15) is 4.88 Å². The number of aryl methyl sites for hydroxylation is 3. The van der Waals surface area contributed by atoms with Crippen LogP contribution in [0.25, 0.3) is 5.69 Å². The Morgan fingerprint density at radius 1 is 1.30 bits per heavy atom. The number of nitrogens with zero attached hydrogens (tertiary/aromatic N) is 3. The number of benzene rings is 1. The van der Waals surface area contributed by atoms with Crippen molar-refractivity contribution in [3.05, 3.63) is 57.8 Å². The molecule has 1 amide bonds. The van der Waals surface area contributed by atoms with Gasteiger partial charge in [-0.05, 0) is 44.5 Å². The van der Waals surface area contributed by atoms with Gasteiger partial charge in [-0.15, -0.1) is 11.3 Å². The van der Waals surface area contributed by atoms with Crippen LogP contribution in [0.3, 0.4) is 0 Å². The minimum absolute atomic E-state index is 0.132. The quantitative estimate of drug-likeness (QED) is 0.794. The number of hydrogen-bond acceptors (Lipinski definition) is 4. The Morgan fingerprint density at radius 2 is 2.13 bits per heavy atom. The highest BCUT2D eigenvalue weighted by atomic mass is 32.1. The van der Waals surface area contributed by atoms with E-state index in [4.69, 9.17) is 0 Å². The van der Waals surface area contributed by atoms with E-state index >= 15 is 0 Å². The van der Waals surface area contributed by atoms with Crippen LogP contribution in [-0.2, 0) is 6.42 Å². The summed E-state index contributed by atoms with van der Waals surface area (Å²) >= 11 is 1.43. The number of carbonyl (C=O) groups is 1. The molecule has 1 aromatic carbocycles. The predicted molar refractivity (Wildman–Crippen MR) is 92.5 cm³/mol. The van der Waals surface area contributed by atoms with Gasteiger partial charge in [-0.3, -0.25) is 4.79 Å². The Kier molecular flexibility index (Phi) is 4.25. The van der Waals surface area contributed by atoms with E-state index in [0.717, 1.165) is 34.2 Å². The van der Waals surface area contributed by atoms with Crippen LogP contribution >= 0.6 is 11.3 Å². The normalized spacial score (nSPS) is 10.7. The number of anilines is 1. The summed E-state index contributed by atoms with van der Waals surface area (Å²) in [5, 5.41) is 8.36. The highest BCUT2D eigenvalue weighted by Crippen LogP contribution is 2.19. The van der Waals surface area contributed by atoms with Gasteiger partial charge < -0.3 is 5.32 Å². The standard InChI is InChI=1S/C17H18N4OS/c1-4-16-18-10-15(23-16)17(22)19-13-6-5-7-14(9-13)21-12(3)8-11(2)20-21/h5-10H,4H2,1-3H3,(H,19,22). The Morgan fingerprint density at radius 3 is 2.78 bits per heavy atom. The van der Waals surface area contributed by atoms with Gasteiger partial charge in [-0.1, -0.05) is 13.0 Å². The largest absolute Gasteiger partial charge is 0.321 e. The predicted octanol–water partition coefficient (Wildman–Crippen LogP) is 3.76. The lowest BCUT2D eigenvalue weighted by molar-refractivity contribution is 0.103. The SMILES string of the molecule is CCc1ncc(C(=O)Nc2cccc(-n3nc(C)cc3C)c2)s1. The van der Waals surface area contributed by atoms with Gasteiger partial charge in [0.05, 0.1) is 22.6 Å². The van der Waals surface area contributed by atoms with Crippen molar-refractivity contribution in [2.45, 2.75) is 27.2 Å². The van der Waals surface area contributed by atoms with E-state index in [9.17, 15) is 4.79 Å². The van der Waals surface area contributed by atoms with Crippen LogP contribution in [0.15, 0.2) is 36.5 Å². The summed E-state index contributed by atoms with van der Waals surface area (Å²) in [5.41, 5.74) is 3.69. The molecular formula is C17H18N4OS. The lowest BCUT2D eigenvalue weighted by atomic mass is 10.2. The second-order valence-electron chi connectivity index (χ2n) is 5.32. The number of thiazole rings is 1. The molecule has 2 heterocycles. The van der Waals surface area contributed by atoms with E-state index in [1.165, 1.54) is 11.3 Å². The first-order valence-electron chi connectivity index (χ1n) is 7.46. The maximum absolute atomic E-state index is 12.3. The molecular weight excluding hydrogens is 308 g/mol. The minimum atomic E-state index is -0.132. The Hall–Kier alpha value is -2.47. The zero-order valence-corrected chi connectivity index (χ0v) is 14.1. The minimum Gasteiger partial charge on any atom is -0.321 e. The third-order valence-corrected chi connectivity index (χ3v) is 4.58. The number of nitrogens with one attached hydrogen (secondary N) is 1. The molecule has 3 rings (SSSR count). The van der Waals surface area contributed by atoms with E-state index in [0.29, 0.717) is 4.88 Å². The summed E-state index contributed by atoms with van der Waals surface area (Å²) in [6.07, 6.45) is 2.47. The van der Waals surface area contributed by atoms with Gasteiger partial charge in [0, 0.05) is 11.4 Å². The first-order chi connectivity index (χ1) is 11.1. The number of aromatic nitrogens is 3. The molecule has 0 aliphatic rings. The van der Waals surface area contributed by atoms with E-state index in [2.05, 4.69) is 15.4 Å². The zero-order valence-electron chi connectivity index (χ0n) is 13.3. The molecule has 118 valence electrons. The third-order valence-electron chi connectivity index (χ3n) is 3.44. The molecule has 6 heteroatoms. The molecule has 5 nitrogen and oxygen atoms in total. The number of hydrogen-bond donors (Lipinski definition) is 1. The lowest BCUT2D eigenvalue weighted by Gasteiger charge is -2.08. The molecule has 0 bridgehead atoms. The summed E-state index contributed by atoms with van der Waals surface area (Å²) in [6.45, 7) is 6.00. The first-order valence-corrected chi connectivity index (χ1v) is 8.28. The van der Waals surface area contributed by atoms with Crippen molar-refractivity contribution in [1.29, 1.82) is 0 Å². The fourth-order valence-electron chi connectivity index (χ4n) is 2.38. The molecule has 3 aromatic rings. The smallest absolute Gasteiger partial charge is 0.267 e. The van der Waals surface area contributed by atoms with Crippen LogP contribution in [0.4, 0.5) is 5.69 Å². The van der Waals surface area contributed by atoms with Crippen molar-refractivity contribution < 1.29 is 4.79 Å². The van der Waals surface area contributed by atoms with Gasteiger partial charge in [-0.2, -0.15) is 5.10 Å². The number of carbonyl (C=O) groups excluding carboxylic acids is 1. The van der Waals surface area contributed by atoms with E-state index in [1.54, 1.807) is 6.20 Å². The molecule has 23 heavy (non-hydrogen) atoms. The van der Waals surface area contributed by atoms with E-state index in [-0.39, 0.29) is 5.91 Å². The monoisotopic (exact) mass is 326 g/mol. The van der Waals surface area contributed by atoms with Gasteiger partial charge in [-0.25, -0.2) is 9.67 Å². The van der Waals surface area contributed by atoms with E-state index in [1.807, 2.05) is 55.8 Å². The van der Waals surface area contributed by atoms with Crippen LogP contribution < -0.4 is 5.32 Å². The number of amides is 1. The maximum atomic E-state index is 12.3. The van der Waals surface area contributed by atoms with Crippen molar-refractivity contribution in [2.24, 2.45) is 0 Å². The summed E-state index contributed by atoms with van der Waals surface area (Å²) in [7, 11) is 0. The molecule has 0 atom stereocenters. The fraction of sp³-hybridized carbons (Fsp3) is 0.235. The molecule has 1 N–H and O–H groups in total. The van der Waals surface area contributed by atoms with Crippen LogP contribution in [0.1, 0.15) is 33.0 Å². The van der Waals surface area contributed by atoms with Gasteiger partial charge >= 0.3 is 0 Å². The molecule has 0 aliphatic heterocycles. The highest BCUT2D eigenvalue weighted by Gasteiger charge is 2.11. The van der Waals surface area contributed by atoms with Gasteiger partial charge in [0.25, 0.3) is 5.91 Å².